The molecule has 0 saturated carbocycles. The first-order valence-electron chi connectivity index (χ1n) is 3.90. The molecular formula is C11H11N. The maximum absolute atomic E-state index is 6.86. The largest absolute Gasteiger partial charge is 0.309 e. The Morgan fingerprint density at radius 2 is 2.08 bits per heavy atom. The van der Waals surface area contributed by atoms with Gasteiger partial charge in [-0.05, 0) is 11.6 Å². The van der Waals surface area contributed by atoms with Crippen LogP contribution < -0.4 is 0 Å². The van der Waals surface area contributed by atoms with Gasteiger partial charge in [-0.2, -0.15) is 0 Å². The molecule has 1 aromatic carbocycles. The SMILES string of the molecule is [C-]#[N+]C(C=C)Cc1ccccc1. The Morgan fingerprint density at radius 3 is 2.58 bits per heavy atom. The van der Waals surface area contributed by atoms with Gasteiger partial charge in [0.1, 0.15) is 0 Å². The molecule has 0 bridgehead atoms. The van der Waals surface area contributed by atoms with E-state index in [-0.39, 0.29) is 6.04 Å². The Morgan fingerprint density at radius 1 is 1.42 bits per heavy atom. The number of benzene rings is 1. The molecule has 0 heterocycles. The summed E-state index contributed by atoms with van der Waals surface area (Å²) in [7, 11) is 0. The van der Waals surface area contributed by atoms with Crippen LogP contribution in [-0.4, -0.2) is 6.04 Å². The third-order valence-corrected chi connectivity index (χ3v) is 1.73. The molecule has 0 aliphatic carbocycles. The average Bonchev–Trinajstić information content (AvgIpc) is 2.16. The van der Waals surface area contributed by atoms with E-state index in [1.807, 2.05) is 30.3 Å². The van der Waals surface area contributed by atoms with E-state index >= 15 is 0 Å². The molecule has 0 N–H and O–H groups in total. The van der Waals surface area contributed by atoms with Gasteiger partial charge in [0.05, 0.1) is 6.42 Å². The Bertz CT molecular complexity index is 282. The van der Waals surface area contributed by atoms with E-state index in [0.29, 0.717) is 0 Å². The minimum Gasteiger partial charge on any atom is -0.309 e. The van der Waals surface area contributed by atoms with E-state index in [0.717, 1.165) is 6.42 Å². The third-order valence-electron chi connectivity index (χ3n) is 1.73. The van der Waals surface area contributed by atoms with Gasteiger partial charge < -0.3 is 4.85 Å². The first kappa shape index (κ1) is 8.55. The van der Waals surface area contributed by atoms with Gasteiger partial charge in [0.2, 0.25) is 6.04 Å². The highest BCUT2D eigenvalue weighted by molar-refractivity contribution is 5.18. The van der Waals surface area contributed by atoms with Crippen LogP contribution in [-0.2, 0) is 6.42 Å². The van der Waals surface area contributed by atoms with Crippen molar-refractivity contribution >= 4 is 0 Å². The van der Waals surface area contributed by atoms with Crippen molar-refractivity contribution in [2.75, 3.05) is 0 Å². The van der Waals surface area contributed by atoms with Gasteiger partial charge in [-0.1, -0.05) is 36.9 Å². The van der Waals surface area contributed by atoms with Crippen LogP contribution in [0.2, 0.25) is 0 Å². The predicted molar refractivity (Wildman–Crippen MR) is 50.7 cm³/mol. The van der Waals surface area contributed by atoms with E-state index in [1.54, 1.807) is 6.08 Å². The Balaban J connectivity index is 2.64. The van der Waals surface area contributed by atoms with Gasteiger partial charge in [0, 0.05) is 0 Å². The molecule has 1 nitrogen and oxygen atoms in total. The molecule has 1 atom stereocenters. The Hall–Kier alpha value is -1.55. The molecule has 0 fully saturated rings. The summed E-state index contributed by atoms with van der Waals surface area (Å²) < 4.78 is 0. The summed E-state index contributed by atoms with van der Waals surface area (Å²) in [5, 5.41) is 0. The van der Waals surface area contributed by atoms with Crippen LogP contribution in [0.15, 0.2) is 43.0 Å². The van der Waals surface area contributed by atoms with Gasteiger partial charge in [-0.3, -0.25) is 0 Å². The van der Waals surface area contributed by atoms with Gasteiger partial charge >= 0.3 is 0 Å². The van der Waals surface area contributed by atoms with Crippen molar-refractivity contribution in [2.24, 2.45) is 0 Å². The van der Waals surface area contributed by atoms with Gasteiger partial charge in [-0.15, -0.1) is 0 Å². The molecule has 1 heteroatoms. The normalized spacial score (nSPS) is 11.6. The van der Waals surface area contributed by atoms with Crippen LogP contribution in [0.1, 0.15) is 5.56 Å². The van der Waals surface area contributed by atoms with Gasteiger partial charge in [-0.25, -0.2) is 6.57 Å². The Kier molecular flexibility index (Phi) is 3.10. The second kappa shape index (κ2) is 4.35. The van der Waals surface area contributed by atoms with E-state index in [1.165, 1.54) is 5.56 Å². The lowest BCUT2D eigenvalue weighted by Gasteiger charge is -1.99. The van der Waals surface area contributed by atoms with Crippen LogP contribution in [0.3, 0.4) is 0 Å². The van der Waals surface area contributed by atoms with Gasteiger partial charge in [0.25, 0.3) is 0 Å². The van der Waals surface area contributed by atoms with Crippen molar-refractivity contribution in [3.8, 4) is 0 Å². The fourth-order valence-corrected chi connectivity index (χ4v) is 1.04. The van der Waals surface area contributed by atoms with E-state index < -0.39 is 0 Å². The summed E-state index contributed by atoms with van der Waals surface area (Å²) in [5.41, 5.74) is 1.19. The number of nitrogens with zero attached hydrogens (tertiary/aromatic N) is 1. The summed E-state index contributed by atoms with van der Waals surface area (Å²) in [6.45, 7) is 10.5. The molecule has 1 rings (SSSR count). The monoisotopic (exact) mass is 157 g/mol. The lowest BCUT2D eigenvalue weighted by Crippen LogP contribution is -2.01. The molecule has 1 aromatic rings. The molecule has 60 valence electrons. The van der Waals surface area contributed by atoms with Crippen LogP contribution in [0.25, 0.3) is 4.85 Å². The van der Waals surface area contributed by atoms with Crippen molar-refractivity contribution in [2.45, 2.75) is 12.5 Å². The molecule has 1 unspecified atom stereocenters. The number of hydrogen-bond acceptors (Lipinski definition) is 0. The lowest BCUT2D eigenvalue weighted by molar-refractivity contribution is 0.925. The fraction of sp³-hybridized carbons (Fsp3) is 0.182. The fourth-order valence-electron chi connectivity index (χ4n) is 1.04. The molecule has 0 aromatic heterocycles. The Labute approximate surface area is 73.2 Å². The van der Waals surface area contributed by atoms with Crippen molar-refractivity contribution < 1.29 is 0 Å². The van der Waals surface area contributed by atoms with Crippen molar-refractivity contribution in [3.63, 3.8) is 0 Å². The second-order valence-corrected chi connectivity index (χ2v) is 2.62. The smallest absolute Gasteiger partial charge is 0.245 e. The summed E-state index contributed by atoms with van der Waals surface area (Å²) in [5.74, 6) is 0. The highest BCUT2D eigenvalue weighted by atomic mass is 14.7. The number of hydrogen-bond donors (Lipinski definition) is 0. The highest BCUT2D eigenvalue weighted by Gasteiger charge is 2.06. The maximum Gasteiger partial charge on any atom is 0.245 e. The summed E-state index contributed by atoms with van der Waals surface area (Å²) in [4.78, 5) is 3.43. The molecule has 0 radical (unpaired) electrons. The van der Waals surface area contributed by atoms with Crippen molar-refractivity contribution in [1.29, 1.82) is 0 Å². The van der Waals surface area contributed by atoms with Crippen LogP contribution in [0.5, 0.6) is 0 Å². The summed E-state index contributed by atoms with van der Waals surface area (Å²) in [6, 6.07) is 9.93. The first-order valence-corrected chi connectivity index (χ1v) is 3.90. The molecule has 12 heavy (non-hydrogen) atoms. The summed E-state index contributed by atoms with van der Waals surface area (Å²) in [6.07, 6.45) is 2.47. The average molecular weight is 157 g/mol. The standard InChI is InChI=1S/C11H11N/c1-3-11(12-2)9-10-7-5-4-6-8-10/h3-8,11H,1,9H2. The third kappa shape index (κ3) is 2.25. The van der Waals surface area contributed by atoms with E-state index in [2.05, 4.69) is 11.4 Å². The quantitative estimate of drug-likeness (QED) is 0.469. The highest BCUT2D eigenvalue weighted by Crippen LogP contribution is 2.05. The van der Waals surface area contributed by atoms with Crippen LogP contribution in [0, 0.1) is 6.57 Å². The first-order chi connectivity index (χ1) is 5.86. The van der Waals surface area contributed by atoms with Crippen molar-refractivity contribution in [1.82, 2.24) is 0 Å². The molecule has 0 spiro atoms. The zero-order valence-electron chi connectivity index (χ0n) is 6.90. The second-order valence-electron chi connectivity index (χ2n) is 2.62. The molecule has 0 amide bonds. The zero-order chi connectivity index (χ0) is 8.81. The zero-order valence-corrected chi connectivity index (χ0v) is 6.90. The van der Waals surface area contributed by atoms with Crippen LogP contribution in [0.4, 0.5) is 0 Å². The molecule has 0 aliphatic rings. The lowest BCUT2D eigenvalue weighted by atomic mass is 10.1. The van der Waals surface area contributed by atoms with E-state index in [9.17, 15) is 0 Å². The van der Waals surface area contributed by atoms with Crippen LogP contribution >= 0.6 is 0 Å². The maximum atomic E-state index is 6.86. The predicted octanol–water partition coefficient (Wildman–Crippen LogP) is 2.70. The van der Waals surface area contributed by atoms with E-state index in [4.69, 9.17) is 6.57 Å². The van der Waals surface area contributed by atoms with Gasteiger partial charge in [0.15, 0.2) is 0 Å². The number of rotatable bonds is 3. The minimum absolute atomic E-state index is 0.0765. The minimum atomic E-state index is -0.0765. The summed E-state index contributed by atoms with van der Waals surface area (Å²) >= 11 is 0. The van der Waals surface area contributed by atoms with Crippen molar-refractivity contribution in [3.05, 3.63) is 60.0 Å². The molecule has 0 aliphatic heterocycles. The molecule has 0 saturated heterocycles. The topological polar surface area (TPSA) is 4.36 Å². The molecular weight excluding hydrogens is 146 g/mol.